The number of aliphatic carboxylic acids is 3. The number of hydrogen-bond acceptors (Lipinski definition) is 12. The lowest BCUT2D eigenvalue weighted by Crippen LogP contribution is -2.46. The highest BCUT2D eigenvalue weighted by Gasteiger charge is 2.28. The molecule has 15 nitrogen and oxygen atoms in total. The van der Waals surface area contributed by atoms with Gasteiger partial charge in [-0.25, -0.2) is 10.1 Å². The summed E-state index contributed by atoms with van der Waals surface area (Å²) in [6, 6.07) is 1.62. The lowest BCUT2D eigenvalue weighted by molar-refractivity contribution is -0.432. The Morgan fingerprint density at radius 3 is 2.37 bits per heavy atom. The molecule has 0 radical (unpaired) electrons. The molecule has 16 heteroatoms. The summed E-state index contributed by atoms with van der Waals surface area (Å²) in [6.45, 7) is 0.268. The summed E-state index contributed by atoms with van der Waals surface area (Å²) in [5, 5.41) is 42.3. The number of anilines is 1. The average molecular weight is 558 g/mol. The number of nitrogens with one attached hydrogen (secondary N) is 1. The maximum absolute atomic E-state index is 12.5. The van der Waals surface area contributed by atoms with Gasteiger partial charge >= 0.3 is 23.5 Å². The van der Waals surface area contributed by atoms with E-state index < -0.39 is 48.6 Å². The van der Waals surface area contributed by atoms with Crippen molar-refractivity contribution >= 4 is 52.5 Å². The molecule has 1 atom stereocenters. The van der Waals surface area contributed by atoms with Crippen LogP contribution in [0.4, 0.5) is 5.69 Å². The largest absolute Gasteiger partial charge is 0.480 e. The van der Waals surface area contributed by atoms with Crippen molar-refractivity contribution in [2.75, 3.05) is 25.4 Å². The second kappa shape index (κ2) is 14.3. The van der Waals surface area contributed by atoms with Crippen LogP contribution < -0.4 is 16.7 Å². The Morgan fingerprint density at radius 2 is 1.79 bits per heavy atom. The number of nitrogens with zero attached hydrogens (tertiary/aromatic N) is 1. The first-order valence-electron chi connectivity index (χ1n) is 11.1. The third-order valence-corrected chi connectivity index (χ3v) is 6.20. The molecule has 0 aliphatic carbocycles. The van der Waals surface area contributed by atoms with Crippen LogP contribution in [0.2, 0.25) is 0 Å². The number of unbranched alkanes of at least 4 members (excludes halogenated alkanes) is 1. The van der Waals surface area contributed by atoms with Gasteiger partial charge in [-0.15, -0.1) is 4.33 Å². The van der Waals surface area contributed by atoms with Crippen molar-refractivity contribution in [2.24, 2.45) is 0 Å². The molecular formula is C22H27N3O12S. The number of hydrogen-bond donors (Lipinski definition) is 6. The molecule has 2 aromatic rings. The average Bonchev–Trinajstić information content (AvgIpc) is 2.81. The van der Waals surface area contributed by atoms with Gasteiger partial charge in [0.1, 0.15) is 11.6 Å². The molecule has 2 rings (SSSR count). The van der Waals surface area contributed by atoms with Crippen molar-refractivity contribution in [3.63, 3.8) is 0 Å². The Morgan fingerprint density at radius 1 is 1.13 bits per heavy atom. The van der Waals surface area contributed by atoms with Crippen molar-refractivity contribution in [3.8, 4) is 0 Å². The predicted octanol–water partition coefficient (Wildman–Crippen LogP) is 0.865. The van der Waals surface area contributed by atoms with E-state index in [0.29, 0.717) is 34.3 Å². The van der Waals surface area contributed by atoms with Gasteiger partial charge in [-0.05, 0) is 37.8 Å². The van der Waals surface area contributed by atoms with Crippen LogP contribution in [0.3, 0.4) is 0 Å². The first kappa shape index (κ1) is 30.5. The van der Waals surface area contributed by atoms with Crippen LogP contribution in [0.15, 0.2) is 26.2 Å². The van der Waals surface area contributed by atoms with Crippen LogP contribution in [0.25, 0.3) is 11.0 Å². The monoisotopic (exact) mass is 557 g/mol. The third-order valence-electron chi connectivity index (χ3n) is 5.54. The molecule has 0 saturated heterocycles. The Bertz CT molecular complexity index is 1230. The molecular weight excluding hydrogens is 530 g/mol. The van der Waals surface area contributed by atoms with Gasteiger partial charge in [-0.2, -0.15) is 0 Å². The maximum atomic E-state index is 12.5. The molecule has 0 spiro atoms. The lowest BCUT2D eigenvalue weighted by Gasteiger charge is -2.25. The van der Waals surface area contributed by atoms with E-state index in [0.717, 1.165) is 4.90 Å². The van der Waals surface area contributed by atoms with Crippen LogP contribution >= 0.6 is 12.0 Å². The summed E-state index contributed by atoms with van der Waals surface area (Å²) < 4.78 is 9.69. The molecule has 0 aliphatic heterocycles. The van der Waals surface area contributed by atoms with Gasteiger partial charge < -0.3 is 30.8 Å². The van der Waals surface area contributed by atoms with Crippen molar-refractivity contribution in [1.82, 2.24) is 10.2 Å². The number of benzene rings is 1. The number of carboxylic acid groups (broad SMARTS) is 3. The second-order valence-corrected chi connectivity index (χ2v) is 8.92. The molecule has 1 heterocycles. The van der Waals surface area contributed by atoms with Gasteiger partial charge in [-0.3, -0.25) is 24.1 Å². The summed E-state index contributed by atoms with van der Waals surface area (Å²) >= 11 is 0.627. The zero-order chi connectivity index (χ0) is 28.4. The predicted molar refractivity (Wildman–Crippen MR) is 131 cm³/mol. The highest BCUT2D eigenvalue weighted by molar-refractivity contribution is 7.94. The van der Waals surface area contributed by atoms with E-state index in [1.165, 1.54) is 6.07 Å². The fourth-order valence-electron chi connectivity index (χ4n) is 3.76. The van der Waals surface area contributed by atoms with Gasteiger partial charge in [0.15, 0.2) is 0 Å². The maximum Gasteiger partial charge on any atom is 0.340 e. The minimum atomic E-state index is -1.36. The quantitative estimate of drug-likeness (QED) is 0.0419. The smallest absolute Gasteiger partial charge is 0.340 e. The number of aryl methyl sites for hydroxylation is 1. The van der Waals surface area contributed by atoms with Gasteiger partial charge in [0.05, 0.1) is 47.7 Å². The Kier molecular flexibility index (Phi) is 11.5. The molecule has 1 aromatic carbocycles. The fraction of sp³-hybridized carbons (Fsp3) is 0.409. The number of nitrogens with two attached hydrogens (primary N) is 1. The standard InChI is InChI=1S/C22H27N3O12S/c1-11-12-6-17(38-37-36-34)14(23)8-16(12)35-22(33)13(11)7-18(26)24-5-3-2-4-15(21(31)32)25(9-19(27)28)10-20(29)30/h6,8,15,34H,2-5,7,9-10,23H2,1H3,(H,24,26)(H,27,28)(H,29,30)(H,31,32). The van der Waals surface area contributed by atoms with E-state index in [1.54, 1.807) is 13.0 Å². The zero-order valence-electron chi connectivity index (χ0n) is 20.2. The molecule has 7 N–H and O–H groups in total. The molecule has 0 saturated carbocycles. The topological polar surface area (TPSA) is 239 Å². The van der Waals surface area contributed by atoms with E-state index in [2.05, 4.69) is 14.7 Å². The van der Waals surface area contributed by atoms with Crippen molar-refractivity contribution in [3.05, 3.63) is 33.7 Å². The highest BCUT2D eigenvalue weighted by atomic mass is 32.2. The molecule has 38 heavy (non-hydrogen) atoms. The summed E-state index contributed by atoms with van der Waals surface area (Å²) in [7, 11) is 0. The highest BCUT2D eigenvalue weighted by Crippen LogP contribution is 2.32. The minimum Gasteiger partial charge on any atom is -0.480 e. The van der Waals surface area contributed by atoms with E-state index >= 15 is 0 Å². The number of rotatable bonds is 16. The van der Waals surface area contributed by atoms with Crippen molar-refractivity contribution in [2.45, 2.75) is 43.5 Å². The van der Waals surface area contributed by atoms with Gasteiger partial charge in [-0.1, -0.05) is 5.04 Å². The van der Waals surface area contributed by atoms with E-state index in [-0.39, 0.29) is 42.6 Å². The molecule has 0 aliphatic rings. The Balaban J connectivity index is 1.99. The number of amides is 1. The summed E-state index contributed by atoms with van der Waals surface area (Å²) in [5.74, 6) is -4.56. The minimum absolute atomic E-state index is 0.0341. The number of nitrogen functional groups attached to an aromatic ring is 1. The lowest BCUT2D eigenvalue weighted by atomic mass is 10.0. The molecule has 1 amide bonds. The summed E-state index contributed by atoms with van der Waals surface area (Å²) in [5.41, 5.74) is 6.12. The van der Waals surface area contributed by atoms with E-state index in [1.807, 2.05) is 0 Å². The SMILES string of the molecule is Cc1c(CC(=O)NCCCCC(C(=O)O)N(CC(=O)O)CC(=O)O)c(=O)oc2cc(N)c(SOOO)cc12. The number of fused-ring (bicyclic) bond motifs is 1. The van der Waals surface area contributed by atoms with E-state index in [9.17, 15) is 29.1 Å². The van der Waals surface area contributed by atoms with Crippen molar-refractivity contribution in [1.29, 1.82) is 0 Å². The van der Waals surface area contributed by atoms with Crippen LogP contribution in [-0.2, 0) is 35.0 Å². The number of carboxylic acids is 3. The number of carbonyl (C=O) groups excluding carboxylic acids is 1. The molecule has 0 bridgehead atoms. The first-order valence-corrected chi connectivity index (χ1v) is 11.9. The summed E-state index contributed by atoms with van der Waals surface area (Å²) in [6.07, 6.45) is 0.247. The molecule has 1 unspecified atom stereocenters. The van der Waals surface area contributed by atoms with E-state index in [4.69, 9.17) is 25.6 Å². The van der Waals surface area contributed by atoms with Crippen LogP contribution in [0, 0.1) is 6.92 Å². The van der Waals surface area contributed by atoms with Crippen LogP contribution in [0.1, 0.15) is 30.4 Å². The number of carbonyl (C=O) groups is 4. The normalized spacial score (nSPS) is 12.0. The van der Waals surface area contributed by atoms with Gasteiger partial charge in [0.2, 0.25) is 5.91 Å². The molecule has 208 valence electrons. The zero-order valence-corrected chi connectivity index (χ0v) is 21.0. The summed E-state index contributed by atoms with van der Waals surface area (Å²) in [4.78, 5) is 59.7. The second-order valence-electron chi connectivity index (χ2n) is 8.17. The van der Waals surface area contributed by atoms with Crippen LogP contribution in [0.5, 0.6) is 0 Å². The molecule has 0 fully saturated rings. The third kappa shape index (κ3) is 8.70. The Labute approximate surface area is 219 Å². The Hall–Kier alpha value is -3.70. The first-order chi connectivity index (χ1) is 17.9. The van der Waals surface area contributed by atoms with Gasteiger partial charge in [0, 0.05) is 18.0 Å². The van der Waals surface area contributed by atoms with Gasteiger partial charge in [0.25, 0.3) is 0 Å². The van der Waals surface area contributed by atoms with Crippen molar-refractivity contribution < 1.29 is 53.5 Å². The van der Waals surface area contributed by atoms with Crippen LogP contribution in [-0.4, -0.2) is 75.0 Å². The molecule has 1 aromatic heterocycles. The fourth-order valence-corrected chi connectivity index (χ4v) is 4.18.